The third-order valence-electron chi connectivity index (χ3n) is 1.93. The van der Waals surface area contributed by atoms with E-state index in [0.717, 1.165) is 12.8 Å². The van der Waals surface area contributed by atoms with Crippen LogP contribution >= 0.6 is 0 Å². The molecule has 0 N–H and O–H groups in total. The number of carbonyl (C=O) groups excluding carboxylic acids is 2. The van der Waals surface area contributed by atoms with Crippen molar-refractivity contribution in [1.82, 2.24) is 0 Å². The third-order valence-corrected chi connectivity index (χ3v) is 1.93. The number of hydrogen-bond donors (Lipinski definition) is 0. The SMILES string of the molecule is CC(C)OC(=O)C(=NC1CC1)C(=O)OC(C)C. The van der Waals surface area contributed by atoms with Gasteiger partial charge in [-0.25, -0.2) is 9.59 Å². The van der Waals surface area contributed by atoms with E-state index in [4.69, 9.17) is 9.47 Å². The van der Waals surface area contributed by atoms with E-state index in [1.165, 1.54) is 0 Å². The van der Waals surface area contributed by atoms with E-state index in [0.29, 0.717) is 0 Å². The van der Waals surface area contributed by atoms with Crippen LogP contribution < -0.4 is 0 Å². The van der Waals surface area contributed by atoms with Crippen LogP contribution in [0.5, 0.6) is 0 Å². The highest BCUT2D eigenvalue weighted by atomic mass is 16.6. The summed E-state index contributed by atoms with van der Waals surface area (Å²) in [5.74, 6) is -1.39. The van der Waals surface area contributed by atoms with Crippen LogP contribution in [0.3, 0.4) is 0 Å². The van der Waals surface area contributed by atoms with E-state index in [9.17, 15) is 9.59 Å². The molecule has 0 unspecified atom stereocenters. The van der Waals surface area contributed by atoms with Gasteiger partial charge >= 0.3 is 11.9 Å². The summed E-state index contributed by atoms with van der Waals surface area (Å²) in [5, 5.41) is 0. The molecular weight excluding hydrogens is 222 g/mol. The van der Waals surface area contributed by atoms with Crippen LogP contribution in [0.4, 0.5) is 0 Å². The number of carbonyl (C=O) groups is 2. The quantitative estimate of drug-likeness (QED) is 0.415. The first-order valence-electron chi connectivity index (χ1n) is 5.90. The number of nitrogens with zero attached hydrogens (tertiary/aromatic N) is 1. The highest BCUT2D eigenvalue weighted by Gasteiger charge is 2.30. The lowest BCUT2D eigenvalue weighted by atomic mass is 10.3. The van der Waals surface area contributed by atoms with Crippen molar-refractivity contribution in [2.75, 3.05) is 0 Å². The number of hydrogen-bond acceptors (Lipinski definition) is 5. The molecule has 5 heteroatoms. The van der Waals surface area contributed by atoms with Crippen molar-refractivity contribution < 1.29 is 19.1 Å². The van der Waals surface area contributed by atoms with Crippen LogP contribution in [0.1, 0.15) is 40.5 Å². The Morgan fingerprint density at radius 1 is 1.00 bits per heavy atom. The van der Waals surface area contributed by atoms with Crippen LogP contribution in [0.25, 0.3) is 0 Å². The molecule has 0 heterocycles. The van der Waals surface area contributed by atoms with Gasteiger partial charge in [0.15, 0.2) is 0 Å². The van der Waals surface area contributed by atoms with Crippen molar-refractivity contribution in [3.05, 3.63) is 0 Å². The van der Waals surface area contributed by atoms with Crippen molar-refractivity contribution in [2.24, 2.45) is 4.99 Å². The zero-order valence-electron chi connectivity index (χ0n) is 10.7. The number of ether oxygens (including phenoxy) is 2. The van der Waals surface area contributed by atoms with Gasteiger partial charge in [-0.3, -0.25) is 4.99 Å². The predicted molar refractivity (Wildman–Crippen MR) is 62.9 cm³/mol. The molecule has 5 nitrogen and oxygen atoms in total. The first-order chi connectivity index (χ1) is 7.90. The Balaban J connectivity index is 2.73. The zero-order valence-corrected chi connectivity index (χ0v) is 10.7. The van der Waals surface area contributed by atoms with Gasteiger partial charge < -0.3 is 9.47 Å². The fraction of sp³-hybridized carbons (Fsp3) is 0.750. The van der Waals surface area contributed by atoms with Gasteiger partial charge in [0.25, 0.3) is 0 Å². The van der Waals surface area contributed by atoms with Gasteiger partial charge in [0, 0.05) is 0 Å². The summed E-state index contributed by atoms with van der Waals surface area (Å²) in [7, 11) is 0. The zero-order chi connectivity index (χ0) is 13.0. The maximum atomic E-state index is 11.7. The molecular formula is C12H19NO4. The lowest BCUT2D eigenvalue weighted by molar-refractivity contribution is -0.144. The lowest BCUT2D eigenvalue weighted by Crippen LogP contribution is -2.32. The highest BCUT2D eigenvalue weighted by Crippen LogP contribution is 2.24. The molecule has 1 saturated carbocycles. The van der Waals surface area contributed by atoms with Gasteiger partial charge in [-0.15, -0.1) is 0 Å². The van der Waals surface area contributed by atoms with Crippen molar-refractivity contribution in [3.8, 4) is 0 Å². The molecule has 0 aromatic carbocycles. The van der Waals surface area contributed by atoms with Crippen molar-refractivity contribution >= 4 is 17.7 Å². The van der Waals surface area contributed by atoms with E-state index in [1.54, 1.807) is 27.7 Å². The fourth-order valence-corrected chi connectivity index (χ4v) is 1.11. The van der Waals surface area contributed by atoms with Gasteiger partial charge in [0.2, 0.25) is 5.71 Å². The summed E-state index contributed by atoms with van der Waals surface area (Å²) < 4.78 is 9.95. The molecule has 1 aliphatic rings. The summed E-state index contributed by atoms with van der Waals surface area (Å²) >= 11 is 0. The summed E-state index contributed by atoms with van der Waals surface area (Å²) in [6.07, 6.45) is 1.26. The van der Waals surface area contributed by atoms with E-state index in [2.05, 4.69) is 4.99 Å². The van der Waals surface area contributed by atoms with Crippen LogP contribution in [0.15, 0.2) is 4.99 Å². The molecule has 0 saturated heterocycles. The highest BCUT2D eigenvalue weighted by molar-refractivity contribution is 6.62. The van der Waals surface area contributed by atoms with Crippen molar-refractivity contribution in [1.29, 1.82) is 0 Å². The second-order valence-corrected chi connectivity index (χ2v) is 4.62. The summed E-state index contributed by atoms with van der Waals surface area (Å²) in [6, 6.07) is 0.0735. The van der Waals surface area contributed by atoms with E-state index in [-0.39, 0.29) is 24.0 Å². The van der Waals surface area contributed by atoms with E-state index in [1.807, 2.05) is 0 Å². The Morgan fingerprint density at radius 2 is 1.41 bits per heavy atom. The lowest BCUT2D eigenvalue weighted by Gasteiger charge is -2.11. The maximum absolute atomic E-state index is 11.7. The van der Waals surface area contributed by atoms with Crippen molar-refractivity contribution in [2.45, 2.75) is 58.8 Å². The van der Waals surface area contributed by atoms with Gasteiger partial charge in [0.05, 0.1) is 18.2 Å². The molecule has 0 radical (unpaired) electrons. The standard InChI is InChI=1S/C12H19NO4/c1-7(2)16-11(14)10(13-9-5-6-9)12(15)17-8(3)4/h7-9H,5-6H2,1-4H3. The molecule has 1 aliphatic carbocycles. The largest absolute Gasteiger partial charge is 0.458 e. The van der Waals surface area contributed by atoms with Gasteiger partial charge in [0.1, 0.15) is 0 Å². The first kappa shape index (κ1) is 13.7. The summed E-state index contributed by atoms with van der Waals surface area (Å²) in [6.45, 7) is 6.89. The molecule has 0 amide bonds. The third kappa shape index (κ3) is 4.97. The van der Waals surface area contributed by atoms with Crippen molar-refractivity contribution in [3.63, 3.8) is 0 Å². The minimum absolute atomic E-state index is 0.0735. The number of aliphatic imine (C=N–C) groups is 1. The van der Waals surface area contributed by atoms with Crippen LogP contribution in [0, 0.1) is 0 Å². The first-order valence-corrected chi connectivity index (χ1v) is 5.90. The average molecular weight is 241 g/mol. The normalized spacial score (nSPS) is 14.7. The van der Waals surface area contributed by atoms with Gasteiger partial charge in [-0.05, 0) is 40.5 Å². The minimum atomic E-state index is -0.697. The molecule has 0 aromatic heterocycles. The monoisotopic (exact) mass is 241 g/mol. The van der Waals surface area contributed by atoms with Gasteiger partial charge in [-0.2, -0.15) is 0 Å². The van der Waals surface area contributed by atoms with Crippen LogP contribution in [0.2, 0.25) is 0 Å². The summed E-state index contributed by atoms with van der Waals surface area (Å²) in [5.41, 5.74) is -0.213. The Kier molecular flexibility index (Phi) is 4.66. The Morgan fingerprint density at radius 3 is 1.71 bits per heavy atom. The molecule has 96 valence electrons. The fourth-order valence-electron chi connectivity index (χ4n) is 1.11. The maximum Gasteiger partial charge on any atom is 0.364 e. The Hall–Kier alpha value is -1.39. The smallest absolute Gasteiger partial charge is 0.364 e. The molecule has 0 spiro atoms. The molecule has 0 aliphatic heterocycles. The van der Waals surface area contributed by atoms with Crippen LogP contribution in [-0.2, 0) is 19.1 Å². The number of esters is 2. The second-order valence-electron chi connectivity index (χ2n) is 4.62. The second kappa shape index (κ2) is 5.80. The molecule has 17 heavy (non-hydrogen) atoms. The van der Waals surface area contributed by atoms with Crippen LogP contribution in [-0.4, -0.2) is 35.9 Å². The molecule has 1 rings (SSSR count). The van der Waals surface area contributed by atoms with Gasteiger partial charge in [-0.1, -0.05) is 0 Å². The topological polar surface area (TPSA) is 65.0 Å². The molecule has 0 aromatic rings. The van der Waals surface area contributed by atoms with E-state index >= 15 is 0 Å². The minimum Gasteiger partial charge on any atom is -0.458 e. The Labute approximate surface area is 101 Å². The predicted octanol–water partition coefficient (Wildman–Crippen LogP) is 1.49. The van der Waals surface area contributed by atoms with E-state index < -0.39 is 11.9 Å². The molecule has 0 bridgehead atoms. The Bertz CT molecular complexity index is 305. The number of rotatable bonds is 5. The summed E-state index contributed by atoms with van der Waals surface area (Å²) in [4.78, 5) is 27.4. The average Bonchev–Trinajstić information content (AvgIpc) is 2.94. The molecule has 0 atom stereocenters. The molecule has 1 fully saturated rings.